The lowest BCUT2D eigenvalue weighted by molar-refractivity contribution is 1.11. The smallest absolute Gasteiger partial charge is 0.187 e. The molecule has 0 fully saturated rings. The van der Waals surface area contributed by atoms with Gasteiger partial charge in [0.1, 0.15) is 0 Å². The van der Waals surface area contributed by atoms with Crippen molar-refractivity contribution in [2.75, 3.05) is 0 Å². The van der Waals surface area contributed by atoms with Crippen molar-refractivity contribution in [3.8, 4) is 0 Å². The molecule has 0 bridgehead atoms. The number of nitrogens with zero attached hydrogens (tertiary/aromatic N) is 3. The Kier molecular flexibility index (Phi) is 4.28. The number of aromatic nitrogens is 3. The van der Waals surface area contributed by atoms with E-state index in [1.807, 2.05) is 54.6 Å². The summed E-state index contributed by atoms with van der Waals surface area (Å²) in [4.78, 5) is 7.80. The van der Waals surface area contributed by atoms with Crippen LogP contribution in [0.4, 0.5) is 5.69 Å². The van der Waals surface area contributed by atoms with Crippen molar-refractivity contribution in [2.45, 2.75) is 6.42 Å². The summed E-state index contributed by atoms with van der Waals surface area (Å²) < 4.78 is 0. The summed E-state index contributed by atoms with van der Waals surface area (Å²) in [6.07, 6.45) is 6.54. The minimum absolute atomic E-state index is 0.672. The average molecular weight is 336 g/mol. The van der Waals surface area contributed by atoms with Gasteiger partial charge in [-0.25, -0.2) is 4.85 Å². The van der Waals surface area contributed by atoms with Crippen molar-refractivity contribution >= 4 is 28.7 Å². The summed E-state index contributed by atoms with van der Waals surface area (Å²) >= 11 is 0. The first-order valence-corrected chi connectivity index (χ1v) is 8.34. The Bertz CT molecular complexity index is 1120. The zero-order valence-electron chi connectivity index (χ0n) is 14.1. The lowest BCUT2D eigenvalue weighted by Crippen LogP contribution is -1.87. The third kappa shape index (κ3) is 3.38. The monoisotopic (exact) mass is 336 g/mol. The Morgan fingerprint density at radius 2 is 1.88 bits per heavy atom. The standard InChI is InChI=1S/C22H16N4/c1-23-19-7-4-5-16(14-19)13-17-8-10-21-20(15-17)22(26-25-21)11-9-18-6-2-3-12-24-18/h2-12,14-15H,13H2,(H,25,26)/b11-9+. The van der Waals surface area contributed by atoms with Crippen LogP contribution in [0.15, 0.2) is 66.9 Å². The maximum Gasteiger partial charge on any atom is 0.187 e. The van der Waals surface area contributed by atoms with Crippen LogP contribution in [-0.2, 0) is 6.42 Å². The zero-order valence-corrected chi connectivity index (χ0v) is 14.1. The molecule has 26 heavy (non-hydrogen) atoms. The SMILES string of the molecule is [C-]#[N+]c1cccc(Cc2ccc3n[nH]c(/C=C/c4ccccn4)c3c2)c1. The van der Waals surface area contributed by atoms with Crippen LogP contribution in [0.2, 0.25) is 0 Å². The summed E-state index contributed by atoms with van der Waals surface area (Å²) in [5, 5.41) is 8.54. The third-order valence-corrected chi connectivity index (χ3v) is 4.20. The van der Waals surface area contributed by atoms with Crippen LogP contribution in [0.25, 0.3) is 27.9 Å². The van der Waals surface area contributed by atoms with Crippen LogP contribution >= 0.6 is 0 Å². The van der Waals surface area contributed by atoms with E-state index in [2.05, 4.69) is 38.2 Å². The second kappa shape index (κ2) is 7.04. The molecule has 0 saturated heterocycles. The third-order valence-electron chi connectivity index (χ3n) is 4.20. The van der Waals surface area contributed by atoms with Gasteiger partial charge in [0.25, 0.3) is 0 Å². The molecule has 2 aromatic carbocycles. The molecular formula is C22H16N4. The highest BCUT2D eigenvalue weighted by Crippen LogP contribution is 2.22. The molecule has 0 aliphatic carbocycles. The van der Waals surface area contributed by atoms with Gasteiger partial charge in [0.2, 0.25) is 0 Å². The summed E-state index contributed by atoms with van der Waals surface area (Å²) in [6.45, 7) is 7.15. The predicted molar refractivity (Wildman–Crippen MR) is 105 cm³/mol. The normalized spacial score (nSPS) is 11.0. The fraction of sp³-hybridized carbons (Fsp3) is 0.0455. The topological polar surface area (TPSA) is 45.9 Å². The largest absolute Gasteiger partial charge is 0.277 e. The van der Waals surface area contributed by atoms with Gasteiger partial charge in [-0.15, -0.1) is 0 Å². The van der Waals surface area contributed by atoms with E-state index < -0.39 is 0 Å². The second-order valence-corrected chi connectivity index (χ2v) is 6.04. The molecule has 0 aliphatic heterocycles. The van der Waals surface area contributed by atoms with Gasteiger partial charge in [-0.05, 0) is 48.4 Å². The summed E-state index contributed by atoms with van der Waals surface area (Å²) in [6, 6.07) is 19.8. The fourth-order valence-corrected chi connectivity index (χ4v) is 2.93. The average Bonchev–Trinajstić information content (AvgIpc) is 3.09. The Labute approximate surface area is 151 Å². The van der Waals surface area contributed by atoms with Crippen LogP contribution < -0.4 is 0 Å². The van der Waals surface area contributed by atoms with Gasteiger partial charge in [-0.3, -0.25) is 10.1 Å². The Morgan fingerprint density at radius 1 is 0.962 bits per heavy atom. The molecular weight excluding hydrogens is 320 g/mol. The van der Waals surface area contributed by atoms with Gasteiger partial charge >= 0.3 is 0 Å². The number of nitrogens with one attached hydrogen (secondary N) is 1. The number of fused-ring (bicyclic) bond motifs is 1. The number of hydrogen-bond donors (Lipinski definition) is 1. The minimum Gasteiger partial charge on any atom is -0.277 e. The molecule has 0 atom stereocenters. The highest BCUT2D eigenvalue weighted by Gasteiger charge is 2.05. The van der Waals surface area contributed by atoms with Crippen LogP contribution in [0.5, 0.6) is 0 Å². The van der Waals surface area contributed by atoms with E-state index in [0.29, 0.717) is 5.69 Å². The number of pyridine rings is 1. The van der Waals surface area contributed by atoms with Crippen molar-refractivity contribution < 1.29 is 0 Å². The Balaban J connectivity index is 1.64. The highest BCUT2D eigenvalue weighted by atomic mass is 15.1. The van der Waals surface area contributed by atoms with Crippen molar-refractivity contribution in [2.24, 2.45) is 0 Å². The van der Waals surface area contributed by atoms with E-state index in [0.717, 1.165) is 34.3 Å². The highest BCUT2D eigenvalue weighted by molar-refractivity contribution is 5.89. The Hall–Kier alpha value is -3.71. The van der Waals surface area contributed by atoms with E-state index in [-0.39, 0.29) is 0 Å². The van der Waals surface area contributed by atoms with Gasteiger partial charge < -0.3 is 0 Å². The van der Waals surface area contributed by atoms with E-state index >= 15 is 0 Å². The number of H-pyrrole nitrogens is 1. The van der Waals surface area contributed by atoms with Gasteiger partial charge in [0.05, 0.1) is 23.5 Å². The van der Waals surface area contributed by atoms with Crippen LogP contribution in [-0.4, -0.2) is 15.2 Å². The van der Waals surface area contributed by atoms with Gasteiger partial charge in [-0.1, -0.05) is 42.0 Å². The minimum atomic E-state index is 0.672. The van der Waals surface area contributed by atoms with Crippen LogP contribution in [0.3, 0.4) is 0 Å². The van der Waals surface area contributed by atoms with Gasteiger partial charge in [0, 0.05) is 11.6 Å². The number of hydrogen-bond acceptors (Lipinski definition) is 2. The summed E-state index contributed by atoms with van der Waals surface area (Å²) in [5.41, 5.74) is 5.79. The summed E-state index contributed by atoms with van der Waals surface area (Å²) in [5.74, 6) is 0. The molecule has 4 heteroatoms. The summed E-state index contributed by atoms with van der Waals surface area (Å²) in [7, 11) is 0. The van der Waals surface area contributed by atoms with Gasteiger partial charge in [0.15, 0.2) is 5.69 Å². The molecule has 4 aromatic rings. The molecule has 4 nitrogen and oxygen atoms in total. The molecule has 0 radical (unpaired) electrons. The van der Waals surface area contributed by atoms with Crippen molar-refractivity contribution in [3.63, 3.8) is 0 Å². The number of aromatic amines is 1. The Morgan fingerprint density at radius 3 is 2.73 bits per heavy atom. The van der Waals surface area contributed by atoms with Gasteiger partial charge in [-0.2, -0.15) is 5.10 Å². The van der Waals surface area contributed by atoms with Crippen molar-refractivity contribution in [1.82, 2.24) is 15.2 Å². The lowest BCUT2D eigenvalue weighted by atomic mass is 10.0. The zero-order chi connectivity index (χ0) is 17.8. The van der Waals surface area contributed by atoms with E-state index in [1.165, 1.54) is 5.56 Å². The first-order chi connectivity index (χ1) is 12.8. The lowest BCUT2D eigenvalue weighted by Gasteiger charge is -2.03. The van der Waals surface area contributed by atoms with E-state index in [1.54, 1.807) is 6.20 Å². The predicted octanol–water partition coefficient (Wildman–Crippen LogP) is 5.27. The molecule has 2 heterocycles. The van der Waals surface area contributed by atoms with E-state index in [9.17, 15) is 0 Å². The quantitative estimate of drug-likeness (QED) is 0.516. The molecule has 124 valence electrons. The first-order valence-electron chi connectivity index (χ1n) is 8.34. The maximum atomic E-state index is 7.15. The van der Waals surface area contributed by atoms with Crippen molar-refractivity contribution in [1.29, 1.82) is 0 Å². The second-order valence-electron chi connectivity index (χ2n) is 6.04. The molecule has 2 aromatic heterocycles. The molecule has 0 spiro atoms. The molecule has 0 saturated carbocycles. The number of benzene rings is 2. The van der Waals surface area contributed by atoms with Crippen LogP contribution in [0, 0.1) is 6.57 Å². The number of rotatable bonds is 4. The molecule has 1 N–H and O–H groups in total. The fourth-order valence-electron chi connectivity index (χ4n) is 2.93. The molecule has 0 aliphatic rings. The first kappa shape index (κ1) is 15.8. The molecule has 4 rings (SSSR count). The van der Waals surface area contributed by atoms with Crippen molar-refractivity contribution in [3.05, 3.63) is 101 Å². The molecule has 0 unspecified atom stereocenters. The maximum absolute atomic E-state index is 7.15. The molecule has 0 amide bonds. The van der Waals surface area contributed by atoms with E-state index in [4.69, 9.17) is 6.57 Å². The van der Waals surface area contributed by atoms with Crippen LogP contribution in [0.1, 0.15) is 22.5 Å².